The summed E-state index contributed by atoms with van der Waals surface area (Å²) in [5, 5.41) is -0.785. The van der Waals surface area contributed by atoms with Gasteiger partial charge in [0.2, 0.25) is 0 Å². The van der Waals surface area contributed by atoms with Crippen LogP contribution in [0.15, 0.2) is 12.7 Å². The van der Waals surface area contributed by atoms with E-state index >= 15 is 0 Å². The summed E-state index contributed by atoms with van der Waals surface area (Å²) in [5.74, 6) is -1.80. The SMILES string of the molecule is C=CCO[C@H](C)[C@H]1OC(Br)[C@H](OC(C)=O)[C@@H](OC(C)=O)[C@H]1OC(C)=O. The molecule has 142 valence electrons. The van der Waals surface area contributed by atoms with Crippen molar-refractivity contribution in [1.29, 1.82) is 0 Å². The molecule has 8 nitrogen and oxygen atoms in total. The molecule has 0 amide bonds. The summed E-state index contributed by atoms with van der Waals surface area (Å²) in [7, 11) is 0. The third kappa shape index (κ3) is 6.41. The number of carbonyl (C=O) groups excluding carboxylic acids is 3. The molecular weight excluding hydrogens is 400 g/mol. The lowest BCUT2D eigenvalue weighted by molar-refractivity contribution is -0.245. The zero-order chi connectivity index (χ0) is 19.1. The summed E-state index contributed by atoms with van der Waals surface area (Å²) in [5.41, 5.74) is 0. The smallest absolute Gasteiger partial charge is 0.303 e. The maximum Gasteiger partial charge on any atom is 0.303 e. The number of ether oxygens (including phenoxy) is 5. The molecule has 1 unspecified atom stereocenters. The van der Waals surface area contributed by atoms with Gasteiger partial charge in [-0.2, -0.15) is 0 Å². The number of halogens is 1. The Kier molecular flexibility index (Phi) is 8.54. The van der Waals surface area contributed by atoms with Gasteiger partial charge in [0.05, 0.1) is 12.7 Å². The van der Waals surface area contributed by atoms with Gasteiger partial charge in [-0.3, -0.25) is 14.4 Å². The summed E-state index contributed by atoms with van der Waals surface area (Å²) in [6, 6.07) is 0. The van der Waals surface area contributed by atoms with Crippen LogP contribution in [-0.2, 0) is 38.1 Å². The van der Waals surface area contributed by atoms with Gasteiger partial charge in [0.1, 0.15) is 6.10 Å². The Morgan fingerprint density at radius 3 is 2.00 bits per heavy atom. The molecule has 0 aromatic rings. The molecule has 1 rings (SSSR count). The first-order chi connectivity index (χ1) is 11.7. The first-order valence-electron chi connectivity index (χ1n) is 7.71. The zero-order valence-electron chi connectivity index (χ0n) is 14.6. The highest BCUT2D eigenvalue weighted by atomic mass is 79.9. The predicted octanol–water partition coefficient (Wildman–Crippen LogP) is 1.49. The Morgan fingerprint density at radius 1 is 1.04 bits per heavy atom. The Balaban J connectivity index is 3.17. The summed E-state index contributed by atoms with van der Waals surface area (Å²) < 4.78 is 27.2. The van der Waals surface area contributed by atoms with Gasteiger partial charge in [0.15, 0.2) is 23.3 Å². The third-order valence-corrected chi connectivity index (χ3v) is 4.10. The molecule has 0 aromatic carbocycles. The van der Waals surface area contributed by atoms with Crippen LogP contribution < -0.4 is 0 Å². The van der Waals surface area contributed by atoms with Crippen LogP contribution in [0, 0.1) is 0 Å². The van der Waals surface area contributed by atoms with E-state index in [1.807, 2.05) is 0 Å². The van der Waals surface area contributed by atoms with Gasteiger partial charge in [-0.15, -0.1) is 6.58 Å². The average Bonchev–Trinajstić information content (AvgIpc) is 2.49. The first-order valence-corrected chi connectivity index (χ1v) is 8.62. The standard InChI is InChI=1S/C16H23BrO8/c1-6-7-21-8(2)12-13(22-9(3)18)14(23-10(4)19)15(16(17)25-12)24-11(5)20/h6,8,12-16H,1,7H2,2-5H3/t8-,12-,13+,14+,15-,16?/m1/s1. The minimum atomic E-state index is -1.05. The van der Waals surface area contributed by atoms with Crippen LogP contribution in [0.3, 0.4) is 0 Å². The minimum absolute atomic E-state index is 0.256. The molecule has 0 bridgehead atoms. The lowest BCUT2D eigenvalue weighted by Crippen LogP contribution is -2.62. The van der Waals surface area contributed by atoms with Crippen molar-refractivity contribution in [2.75, 3.05) is 6.61 Å². The van der Waals surface area contributed by atoms with E-state index in [4.69, 9.17) is 23.7 Å². The fourth-order valence-corrected chi connectivity index (χ4v) is 3.14. The van der Waals surface area contributed by atoms with Gasteiger partial charge in [-0.05, 0) is 6.92 Å². The lowest BCUT2D eigenvalue weighted by Gasteiger charge is -2.44. The molecule has 0 aliphatic carbocycles. The summed E-state index contributed by atoms with van der Waals surface area (Å²) in [6.45, 7) is 9.20. The van der Waals surface area contributed by atoms with Crippen molar-refractivity contribution in [2.45, 2.75) is 63.2 Å². The second-order valence-corrected chi connectivity index (χ2v) is 6.40. The largest absolute Gasteiger partial charge is 0.456 e. The topological polar surface area (TPSA) is 97.4 Å². The number of rotatable bonds is 7. The maximum absolute atomic E-state index is 11.5. The molecule has 0 radical (unpaired) electrons. The van der Waals surface area contributed by atoms with Crippen molar-refractivity contribution in [2.24, 2.45) is 0 Å². The van der Waals surface area contributed by atoms with Gasteiger partial charge in [-0.25, -0.2) is 0 Å². The number of alkyl halides is 1. The Labute approximate surface area is 154 Å². The van der Waals surface area contributed by atoms with Crippen LogP contribution in [-0.4, -0.2) is 60.0 Å². The minimum Gasteiger partial charge on any atom is -0.456 e. The van der Waals surface area contributed by atoms with Gasteiger partial charge in [-0.1, -0.05) is 22.0 Å². The molecule has 0 spiro atoms. The van der Waals surface area contributed by atoms with Crippen LogP contribution in [0.5, 0.6) is 0 Å². The van der Waals surface area contributed by atoms with Crippen molar-refractivity contribution in [3.05, 3.63) is 12.7 Å². The van der Waals surface area contributed by atoms with Gasteiger partial charge in [0.25, 0.3) is 0 Å². The molecule has 25 heavy (non-hydrogen) atoms. The molecule has 0 N–H and O–H groups in total. The predicted molar refractivity (Wildman–Crippen MR) is 89.9 cm³/mol. The molecule has 1 aliphatic rings. The van der Waals surface area contributed by atoms with Gasteiger partial charge in [0, 0.05) is 20.8 Å². The van der Waals surface area contributed by atoms with Crippen molar-refractivity contribution in [3.63, 3.8) is 0 Å². The van der Waals surface area contributed by atoms with Crippen LogP contribution in [0.1, 0.15) is 27.7 Å². The van der Waals surface area contributed by atoms with E-state index in [1.54, 1.807) is 13.0 Å². The maximum atomic E-state index is 11.5. The quantitative estimate of drug-likeness (QED) is 0.263. The Hall–Kier alpha value is -1.45. The van der Waals surface area contributed by atoms with Crippen LogP contribution in [0.25, 0.3) is 0 Å². The average molecular weight is 423 g/mol. The van der Waals surface area contributed by atoms with E-state index in [0.717, 1.165) is 0 Å². The zero-order valence-corrected chi connectivity index (χ0v) is 16.2. The van der Waals surface area contributed by atoms with E-state index in [-0.39, 0.29) is 6.61 Å². The van der Waals surface area contributed by atoms with Crippen LogP contribution >= 0.6 is 15.9 Å². The van der Waals surface area contributed by atoms with Crippen molar-refractivity contribution in [3.8, 4) is 0 Å². The number of hydrogen-bond acceptors (Lipinski definition) is 8. The molecule has 6 atom stereocenters. The van der Waals surface area contributed by atoms with Gasteiger partial charge >= 0.3 is 17.9 Å². The fraction of sp³-hybridized carbons (Fsp3) is 0.688. The van der Waals surface area contributed by atoms with E-state index < -0.39 is 53.4 Å². The highest BCUT2D eigenvalue weighted by Gasteiger charge is 2.52. The monoisotopic (exact) mass is 422 g/mol. The van der Waals surface area contributed by atoms with E-state index in [9.17, 15) is 14.4 Å². The summed E-state index contributed by atoms with van der Waals surface area (Å²) in [6.07, 6.45) is -2.77. The van der Waals surface area contributed by atoms with Crippen molar-refractivity contribution in [1.82, 2.24) is 0 Å². The Morgan fingerprint density at radius 2 is 1.52 bits per heavy atom. The fourth-order valence-electron chi connectivity index (χ4n) is 2.48. The Bertz CT molecular complexity index is 508. The number of esters is 3. The molecule has 0 saturated carbocycles. The normalized spacial score (nSPS) is 30.0. The highest BCUT2D eigenvalue weighted by molar-refractivity contribution is 9.09. The van der Waals surface area contributed by atoms with E-state index in [1.165, 1.54) is 20.8 Å². The van der Waals surface area contributed by atoms with Crippen LogP contribution in [0.2, 0.25) is 0 Å². The van der Waals surface area contributed by atoms with Gasteiger partial charge < -0.3 is 23.7 Å². The summed E-state index contributed by atoms with van der Waals surface area (Å²) >= 11 is 3.28. The molecule has 1 saturated heterocycles. The molecule has 1 heterocycles. The second-order valence-electron chi connectivity index (χ2n) is 5.50. The molecule has 1 fully saturated rings. The highest BCUT2D eigenvalue weighted by Crippen LogP contribution is 2.33. The first kappa shape index (κ1) is 21.6. The second kappa shape index (κ2) is 9.88. The molecular formula is C16H23BrO8. The van der Waals surface area contributed by atoms with Crippen molar-refractivity contribution < 1.29 is 38.1 Å². The van der Waals surface area contributed by atoms with E-state index in [0.29, 0.717) is 0 Å². The molecule has 1 aliphatic heterocycles. The third-order valence-electron chi connectivity index (χ3n) is 3.36. The van der Waals surface area contributed by atoms with E-state index in [2.05, 4.69) is 22.5 Å². The lowest BCUT2D eigenvalue weighted by atomic mass is 9.96. The number of carbonyl (C=O) groups is 3. The number of hydrogen-bond donors (Lipinski definition) is 0. The summed E-state index contributed by atoms with van der Waals surface area (Å²) in [4.78, 5) is 34.5. The van der Waals surface area contributed by atoms with Crippen molar-refractivity contribution >= 4 is 33.8 Å². The molecule has 0 aromatic heterocycles. The van der Waals surface area contributed by atoms with Crippen LogP contribution in [0.4, 0.5) is 0 Å². The molecule has 9 heteroatoms.